The van der Waals surface area contributed by atoms with Gasteiger partial charge in [-0.1, -0.05) is 30.3 Å². The van der Waals surface area contributed by atoms with E-state index in [1.165, 1.54) is 0 Å². The fraction of sp³-hybridized carbons (Fsp3) is 0.250. The summed E-state index contributed by atoms with van der Waals surface area (Å²) in [4.78, 5) is 23.1. The zero-order chi connectivity index (χ0) is 15.2. The molecular weight excluding hydrogens is 268 g/mol. The van der Waals surface area contributed by atoms with Crippen molar-refractivity contribution in [2.45, 2.75) is 18.9 Å². The van der Waals surface area contributed by atoms with Gasteiger partial charge < -0.3 is 15.0 Å². The SMILES string of the molecule is Cn1cccc1C(=O)NC(CCC(=O)O)c1ccccc1. The summed E-state index contributed by atoms with van der Waals surface area (Å²) in [7, 11) is 1.80. The summed E-state index contributed by atoms with van der Waals surface area (Å²) in [6.45, 7) is 0. The van der Waals surface area contributed by atoms with Gasteiger partial charge in [0.1, 0.15) is 5.69 Å². The van der Waals surface area contributed by atoms with Crippen molar-refractivity contribution < 1.29 is 14.7 Å². The molecule has 0 aliphatic carbocycles. The summed E-state index contributed by atoms with van der Waals surface area (Å²) in [6.07, 6.45) is 2.16. The number of hydrogen-bond donors (Lipinski definition) is 2. The van der Waals surface area contributed by atoms with Crippen LogP contribution in [0.25, 0.3) is 0 Å². The number of rotatable bonds is 6. The molecule has 1 atom stereocenters. The molecule has 0 aliphatic rings. The first-order chi connectivity index (χ1) is 10.1. The minimum absolute atomic E-state index is 0.00692. The van der Waals surface area contributed by atoms with E-state index in [1.807, 2.05) is 30.3 Å². The quantitative estimate of drug-likeness (QED) is 0.856. The Morgan fingerprint density at radius 1 is 1.19 bits per heavy atom. The van der Waals surface area contributed by atoms with Crippen LogP contribution in [0.1, 0.15) is 34.9 Å². The highest BCUT2D eigenvalue weighted by molar-refractivity contribution is 5.93. The Kier molecular flexibility index (Phi) is 4.77. The second-order valence-electron chi connectivity index (χ2n) is 4.87. The molecule has 2 N–H and O–H groups in total. The molecule has 1 heterocycles. The van der Waals surface area contributed by atoms with E-state index in [0.29, 0.717) is 12.1 Å². The highest BCUT2D eigenvalue weighted by Crippen LogP contribution is 2.19. The number of aryl methyl sites for hydroxylation is 1. The van der Waals surface area contributed by atoms with Crippen molar-refractivity contribution in [2.24, 2.45) is 7.05 Å². The van der Waals surface area contributed by atoms with Crippen molar-refractivity contribution in [3.63, 3.8) is 0 Å². The van der Waals surface area contributed by atoms with Gasteiger partial charge in [0, 0.05) is 19.7 Å². The smallest absolute Gasteiger partial charge is 0.303 e. The Balaban J connectivity index is 2.14. The molecule has 1 aromatic carbocycles. The van der Waals surface area contributed by atoms with Crippen molar-refractivity contribution in [2.75, 3.05) is 0 Å². The number of aliphatic carboxylic acids is 1. The van der Waals surface area contributed by atoms with E-state index >= 15 is 0 Å². The van der Waals surface area contributed by atoms with Gasteiger partial charge >= 0.3 is 5.97 Å². The predicted molar refractivity (Wildman–Crippen MR) is 78.9 cm³/mol. The van der Waals surface area contributed by atoms with Crippen LogP contribution in [-0.4, -0.2) is 21.6 Å². The zero-order valence-corrected chi connectivity index (χ0v) is 11.8. The minimum Gasteiger partial charge on any atom is -0.481 e. The van der Waals surface area contributed by atoms with Crippen LogP contribution < -0.4 is 5.32 Å². The molecule has 0 bridgehead atoms. The monoisotopic (exact) mass is 286 g/mol. The molecule has 0 aliphatic heterocycles. The van der Waals surface area contributed by atoms with Gasteiger partial charge in [-0.05, 0) is 24.1 Å². The lowest BCUT2D eigenvalue weighted by atomic mass is 10.0. The lowest BCUT2D eigenvalue weighted by Crippen LogP contribution is -2.30. The lowest BCUT2D eigenvalue weighted by Gasteiger charge is -2.18. The second kappa shape index (κ2) is 6.74. The lowest BCUT2D eigenvalue weighted by molar-refractivity contribution is -0.137. The Morgan fingerprint density at radius 2 is 1.90 bits per heavy atom. The number of nitrogens with zero attached hydrogens (tertiary/aromatic N) is 1. The van der Waals surface area contributed by atoms with Crippen LogP contribution in [-0.2, 0) is 11.8 Å². The summed E-state index contributed by atoms with van der Waals surface area (Å²) in [6, 6.07) is 12.6. The van der Waals surface area contributed by atoms with Crippen LogP contribution >= 0.6 is 0 Å². The summed E-state index contributed by atoms with van der Waals surface area (Å²) in [5.41, 5.74) is 1.45. The van der Waals surface area contributed by atoms with Crippen molar-refractivity contribution in [3.8, 4) is 0 Å². The van der Waals surface area contributed by atoms with Gasteiger partial charge in [0.05, 0.1) is 6.04 Å². The first-order valence-electron chi connectivity index (χ1n) is 6.77. The number of hydrogen-bond acceptors (Lipinski definition) is 2. The molecule has 0 fully saturated rings. The highest BCUT2D eigenvalue weighted by atomic mass is 16.4. The normalized spacial score (nSPS) is 11.9. The largest absolute Gasteiger partial charge is 0.481 e. The summed E-state index contributed by atoms with van der Waals surface area (Å²) in [5, 5.41) is 11.8. The maximum Gasteiger partial charge on any atom is 0.303 e. The maximum absolute atomic E-state index is 12.3. The van der Waals surface area contributed by atoms with E-state index in [2.05, 4.69) is 5.32 Å². The van der Waals surface area contributed by atoms with Gasteiger partial charge in [0.2, 0.25) is 0 Å². The fourth-order valence-electron chi connectivity index (χ4n) is 2.20. The van der Waals surface area contributed by atoms with E-state index in [4.69, 9.17) is 5.11 Å². The van der Waals surface area contributed by atoms with Crippen molar-refractivity contribution in [3.05, 3.63) is 59.9 Å². The molecule has 1 aromatic heterocycles. The zero-order valence-electron chi connectivity index (χ0n) is 11.8. The average Bonchev–Trinajstić information content (AvgIpc) is 2.90. The molecule has 21 heavy (non-hydrogen) atoms. The number of carbonyl (C=O) groups excluding carboxylic acids is 1. The van der Waals surface area contributed by atoms with Gasteiger partial charge in [-0.2, -0.15) is 0 Å². The third-order valence-corrected chi connectivity index (χ3v) is 3.33. The van der Waals surface area contributed by atoms with E-state index in [-0.39, 0.29) is 18.4 Å². The van der Waals surface area contributed by atoms with Crippen LogP contribution in [0.5, 0.6) is 0 Å². The van der Waals surface area contributed by atoms with Gasteiger partial charge in [-0.15, -0.1) is 0 Å². The summed E-state index contributed by atoms with van der Waals surface area (Å²) >= 11 is 0. The third-order valence-electron chi connectivity index (χ3n) is 3.33. The van der Waals surface area contributed by atoms with Crippen LogP contribution in [0, 0.1) is 0 Å². The molecular formula is C16H18N2O3. The molecule has 0 saturated heterocycles. The molecule has 1 amide bonds. The first kappa shape index (κ1) is 14.8. The van der Waals surface area contributed by atoms with Gasteiger partial charge in [-0.3, -0.25) is 9.59 Å². The fourth-order valence-corrected chi connectivity index (χ4v) is 2.20. The molecule has 5 nitrogen and oxygen atoms in total. The van der Waals surface area contributed by atoms with Crippen LogP contribution in [0.2, 0.25) is 0 Å². The van der Waals surface area contributed by atoms with E-state index < -0.39 is 5.97 Å². The van der Waals surface area contributed by atoms with Gasteiger partial charge in [0.25, 0.3) is 5.91 Å². The Hall–Kier alpha value is -2.56. The van der Waals surface area contributed by atoms with E-state index in [1.54, 1.807) is 29.9 Å². The number of carboxylic acids is 1. The van der Waals surface area contributed by atoms with Crippen molar-refractivity contribution >= 4 is 11.9 Å². The van der Waals surface area contributed by atoms with Gasteiger partial charge in [0.15, 0.2) is 0 Å². The minimum atomic E-state index is -0.871. The maximum atomic E-state index is 12.3. The van der Waals surface area contributed by atoms with Gasteiger partial charge in [-0.25, -0.2) is 0 Å². The number of carbonyl (C=O) groups is 2. The topological polar surface area (TPSA) is 71.3 Å². The number of amides is 1. The number of carboxylic acid groups (broad SMARTS) is 1. The second-order valence-corrected chi connectivity index (χ2v) is 4.87. The molecule has 2 aromatic rings. The molecule has 0 spiro atoms. The molecule has 1 unspecified atom stereocenters. The Labute approximate surface area is 123 Å². The molecule has 2 rings (SSSR count). The average molecular weight is 286 g/mol. The number of benzene rings is 1. The summed E-state index contributed by atoms with van der Waals surface area (Å²) < 4.78 is 1.73. The summed E-state index contributed by atoms with van der Waals surface area (Å²) in [5.74, 6) is -1.08. The standard InChI is InChI=1S/C16H18N2O3/c1-18-11-5-8-14(18)16(21)17-13(9-10-15(19)20)12-6-3-2-4-7-12/h2-8,11,13H,9-10H2,1H3,(H,17,21)(H,19,20). The van der Waals surface area contributed by atoms with Crippen molar-refractivity contribution in [1.82, 2.24) is 9.88 Å². The van der Waals surface area contributed by atoms with E-state index in [0.717, 1.165) is 5.56 Å². The highest BCUT2D eigenvalue weighted by Gasteiger charge is 2.18. The molecule has 0 radical (unpaired) electrons. The van der Waals surface area contributed by atoms with Crippen LogP contribution in [0.3, 0.4) is 0 Å². The molecule has 110 valence electrons. The van der Waals surface area contributed by atoms with Crippen LogP contribution in [0.15, 0.2) is 48.7 Å². The third kappa shape index (κ3) is 3.95. The van der Waals surface area contributed by atoms with E-state index in [9.17, 15) is 9.59 Å². The Morgan fingerprint density at radius 3 is 2.48 bits per heavy atom. The molecule has 5 heteroatoms. The van der Waals surface area contributed by atoms with Crippen LogP contribution in [0.4, 0.5) is 0 Å². The van der Waals surface area contributed by atoms with Crippen molar-refractivity contribution in [1.29, 1.82) is 0 Å². The molecule has 0 saturated carbocycles. The Bertz CT molecular complexity index is 619. The first-order valence-corrected chi connectivity index (χ1v) is 6.77. The number of nitrogens with one attached hydrogen (secondary N) is 1. The predicted octanol–water partition coefficient (Wildman–Crippen LogP) is 2.36. The number of aromatic nitrogens is 1.